The molecule has 1 fully saturated rings. The summed E-state index contributed by atoms with van der Waals surface area (Å²) >= 11 is 6.42. The summed E-state index contributed by atoms with van der Waals surface area (Å²) in [4.78, 5) is 7.11. The number of piperidine rings is 1. The summed E-state index contributed by atoms with van der Waals surface area (Å²) in [6, 6.07) is 21.4. The van der Waals surface area contributed by atoms with E-state index in [2.05, 4.69) is 21.7 Å². The van der Waals surface area contributed by atoms with Crippen molar-refractivity contribution in [3.8, 4) is 11.6 Å². The molecule has 0 spiro atoms. The molecule has 7 nitrogen and oxygen atoms in total. The molecule has 1 aromatic heterocycles. The number of hydrogen-bond donors (Lipinski definition) is 1. The lowest BCUT2D eigenvalue weighted by Gasteiger charge is -2.28. The molecule has 9 heteroatoms. The van der Waals surface area contributed by atoms with Gasteiger partial charge in [0.2, 0.25) is 5.88 Å². The van der Waals surface area contributed by atoms with Crippen molar-refractivity contribution in [2.24, 2.45) is 5.92 Å². The summed E-state index contributed by atoms with van der Waals surface area (Å²) < 4.78 is 41.2. The van der Waals surface area contributed by atoms with Crippen LogP contribution in [0.1, 0.15) is 24.0 Å². The first-order chi connectivity index (χ1) is 18.8. The molecule has 0 saturated carbocycles. The van der Waals surface area contributed by atoms with Gasteiger partial charge >= 0.3 is 0 Å². The van der Waals surface area contributed by atoms with Gasteiger partial charge in [0, 0.05) is 5.39 Å². The number of nitrogens with zero attached hydrogens (tertiary/aromatic N) is 2. The van der Waals surface area contributed by atoms with E-state index in [9.17, 15) is 8.42 Å². The molecule has 1 aliphatic heterocycles. The number of anilines is 1. The van der Waals surface area contributed by atoms with Gasteiger partial charge in [0.15, 0.2) is 0 Å². The Morgan fingerprint density at radius 1 is 1.00 bits per heavy atom. The van der Waals surface area contributed by atoms with Crippen molar-refractivity contribution in [3.63, 3.8) is 0 Å². The Kier molecular flexibility index (Phi) is 8.26. The van der Waals surface area contributed by atoms with E-state index in [1.54, 1.807) is 36.4 Å². The second-order valence-electron chi connectivity index (χ2n) is 10.1. The zero-order valence-corrected chi connectivity index (χ0v) is 23.6. The lowest BCUT2D eigenvalue weighted by molar-refractivity contribution is 0.160. The Morgan fingerprint density at radius 3 is 2.51 bits per heavy atom. The number of ether oxygens (including phenoxy) is 2. The van der Waals surface area contributed by atoms with E-state index in [0.29, 0.717) is 28.8 Å². The van der Waals surface area contributed by atoms with E-state index < -0.39 is 10.0 Å². The van der Waals surface area contributed by atoms with Crippen LogP contribution in [-0.2, 0) is 16.6 Å². The second kappa shape index (κ2) is 11.8. The summed E-state index contributed by atoms with van der Waals surface area (Å²) in [6.07, 6.45) is 2.21. The number of halogens is 1. The van der Waals surface area contributed by atoms with Crippen molar-refractivity contribution in [1.29, 1.82) is 0 Å². The fraction of sp³-hybridized carbons (Fsp3) is 0.300. The fourth-order valence-corrected chi connectivity index (χ4v) is 5.76. The quantitative estimate of drug-likeness (QED) is 0.257. The zero-order valence-electron chi connectivity index (χ0n) is 22.1. The van der Waals surface area contributed by atoms with Gasteiger partial charge in [-0.05, 0) is 87.8 Å². The normalized spacial score (nSPS) is 14.8. The van der Waals surface area contributed by atoms with Crippen LogP contribution in [0, 0.1) is 12.8 Å². The topological polar surface area (TPSA) is 80.8 Å². The molecule has 0 amide bonds. The molecule has 1 N–H and O–H groups in total. The summed E-state index contributed by atoms with van der Waals surface area (Å²) in [5.74, 6) is 1.31. The van der Waals surface area contributed by atoms with Crippen molar-refractivity contribution in [2.75, 3.05) is 31.5 Å². The van der Waals surface area contributed by atoms with Gasteiger partial charge in [-0.2, -0.15) is 0 Å². The number of hydrogen-bond acceptors (Lipinski definition) is 6. The van der Waals surface area contributed by atoms with Crippen LogP contribution in [0.15, 0.2) is 77.7 Å². The number of aryl methyl sites for hydroxylation is 1. The maximum absolute atomic E-state index is 13.1. The highest BCUT2D eigenvalue weighted by Crippen LogP contribution is 2.32. The minimum absolute atomic E-state index is 0.159. The first-order valence-electron chi connectivity index (χ1n) is 13.0. The molecule has 4 aromatic rings. The molecule has 204 valence electrons. The molecule has 0 bridgehead atoms. The highest BCUT2D eigenvalue weighted by molar-refractivity contribution is 7.92. The number of para-hydroxylation sites is 1. The zero-order chi connectivity index (χ0) is 27.4. The number of nitrogens with one attached hydrogen (secondary N) is 1. The van der Waals surface area contributed by atoms with Gasteiger partial charge in [-0.3, -0.25) is 4.72 Å². The van der Waals surface area contributed by atoms with Gasteiger partial charge in [0.1, 0.15) is 18.0 Å². The summed E-state index contributed by atoms with van der Waals surface area (Å²) in [5, 5.41) is 1.34. The van der Waals surface area contributed by atoms with Crippen LogP contribution in [0.3, 0.4) is 0 Å². The van der Waals surface area contributed by atoms with Crippen molar-refractivity contribution < 1.29 is 17.9 Å². The Morgan fingerprint density at radius 2 is 1.74 bits per heavy atom. The Balaban J connectivity index is 1.34. The molecule has 0 atom stereocenters. The molecule has 3 aromatic carbocycles. The van der Waals surface area contributed by atoms with Crippen molar-refractivity contribution in [2.45, 2.75) is 31.3 Å². The highest BCUT2D eigenvalue weighted by atomic mass is 35.5. The smallest absolute Gasteiger partial charge is 0.262 e. The monoisotopic (exact) mass is 565 g/mol. The SMILES string of the molecule is Cc1ccc(S(=O)(=O)Nc2cc3ccccc3nc2OCc2ccc(Cl)c(OCC3CCN(C)CC3)c2)cc1. The number of fused-ring (bicyclic) bond motifs is 1. The molecule has 0 aliphatic carbocycles. The average Bonchev–Trinajstić information content (AvgIpc) is 2.93. The van der Waals surface area contributed by atoms with Gasteiger partial charge in [-0.25, -0.2) is 13.4 Å². The van der Waals surface area contributed by atoms with E-state index in [1.165, 1.54) is 0 Å². The minimum atomic E-state index is -3.85. The average molecular weight is 566 g/mol. The number of sulfonamides is 1. The van der Waals surface area contributed by atoms with Crippen LogP contribution in [-0.4, -0.2) is 45.0 Å². The maximum Gasteiger partial charge on any atom is 0.262 e. The van der Waals surface area contributed by atoms with Crippen molar-refractivity contribution in [3.05, 3.63) is 88.9 Å². The summed E-state index contributed by atoms with van der Waals surface area (Å²) in [6.45, 7) is 4.83. The Labute approximate surface area is 234 Å². The van der Waals surface area contributed by atoms with E-state index in [1.807, 2.05) is 43.3 Å². The third-order valence-electron chi connectivity index (χ3n) is 6.95. The number of likely N-dealkylation sites (tertiary alicyclic amines) is 1. The number of aromatic nitrogens is 1. The number of rotatable bonds is 9. The first-order valence-corrected chi connectivity index (χ1v) is 14.8. The van der Waals surface area contributed by atoms with E-state index in [0.717, 1.165) is 42.4 Å². The lowest BCUT2D eigenvalue weighted by atomic mass is 9.98. The molecular formula is C30H32ClN3O4S. The number of pyridine rings is 1. The standard InChI is InChI=1S/C30H32ClN3O4S/c1-21-7-10-25(11-8-21)39(35,36)33-28-18-24-5-3-4-6-27(24)32-30(28)38-20-23-9-12-26(31)29(17-23)37-19-22-13-15-34(2)16-14-22/h3-12,17-18,22,33H,13-16,19-20H2,1-2H3. The first kappa shape index (κ1) is 27.2. The van der Waals surface area contributed by atoms with Gasteiger partial charge in [0.05, 0.1) is 22.0 Å². The van der Waals surface area contributed by atoms with E-state index >= 15 is 0 Å². The van der Waals surface area contributed by atoms with Crippen molar-refractivity contribution in [1.82, 2.24) is 9.88 Å². The predicted octanol–water partition coefficient (Wildman–Crippen LogP) is 6.30. The molecular weight excluding hydrogens is 534 g/mol. The van der Waals surface area contributed by atoms with Gasteiger partial charge in [0.25, 0.3) is 10.0 Å². The van der Waals surface area contributed by atoms with Crippen LogP contribution >= 0.6 is 11.6 Å². The molecule has 0 unspecified atom stereocenters. The summed E-state index contributed by atoms with van der Waals surface area (Å²) in [5.41, 5.74) is 2.77. The Bertz CT molecular complexity index is 1550. The second-order valence-corrected chi connectivity index (χ2v) is 12.2. The lowest BCUT2D eigenvalue weighted by Crippen LogP contribution is -2.32. The largest absolute Gasteiger partial charge is 0.492 e. The van der Waals surface area contributed by atoms with Crippen LogP contribution in [0.5, 0.6) is 11.6 Å². The van der Waals surface area contributed by atoms with Crippen molar-refractivity contribution >= 4 is 38.2 Å². The molecule has 5 rings (SSSR count). The minimum Gasteiger partial charge on any atom is -0.492 e. The van der Waals surface area contributed by atoms with Gasteiger partial charge in [-0.15, -0.1) is 0 Å². The van der Waals surface area contributed by atoms with E-state index in [-0.39, 0.29) is 23.1 Å². The molecule has 39 heavy (non-hydrogen) atoms. The third kappa shape index (κ3) is 6.82. The fourth-order valence-electron chi connectivity index (χ4n) is 4.54. The van der Waals surface area contributed by atoms with Crippen LogP contribution in [0.2, 0.25) is 5.02 Å². The molecule has 1 aliphatic rings. The maximum atomic E-state index is 13.1. The van der Waals surface area contributed by atoms with Crippen LogP contribution in [0.4, 0.5) is 5.69 Å². The van der Waals surface area contributed by atoms with Gasteiger partial charge in [-0.1, -0.05) is 53.6 Å². The van der Waals surface area contributed by atoms with E-state index in [4.69, 9.17) is 21.1 Å². The molecule has 0 radical (unpaired) electrons. The molecule has 1 saturated heterocycles. The van der Waals surface area contributed by atoms with Gasteiger partial charge < -0.3 is 14.4 Å². The van der Waals surface area contributed by atoms with Crippen LogP contribution in [0.25, 0.3) is 10.9 Å². The van der Waals surface area contributed by atoms with Crippen LogP contribution < -0.4 is 14.2 Å². The highest BCUT2D eigenvalue weighted by Gasteiger charge is 2.20. The third-order valence-corrected chi connectivity index (χ3v) is 8.64. The molecule has 2 heterocycles. The number of benzene rings is 3. The Hall–Kier alpha value is -3.33. The predicted molar refractivity (Wildman–Crippen MR) is 155 cm³/mol. The summed E-state index contributed by atoms with van der Waals surface area (Å²) in [7, 11) is -1.71.